The van der Waals surface area contributed by atoms with E-state index in [1.807, 2.05) is 30.3 Å². The summed E-state index contributed by atoms with van der Waals surface area (Å²) < 4.78 is 13.3. The highest BCUT2D eigenvalue weighted by molar-refractivity contribution is 6.00. The molecule has 0 radical (unpaired) electrons. The van der Waals surface area contributed by atoms with Crippen LogP contribution in [0.5, 0.6) is 0 Å². The first kappa shape index (κ1) is 23.5. The molecule has 8 heteroatoms. The van der Waals surface area contributed by atoms with E-state index in [2.05, 4.69) is 27.1 Å². The number of aliphatic imine (C=N–C) groups is 1. The highest BCUT2D eigenvalue weighted by Gasteiger charge is 2.24. The van der Waals surface area contributed by atoms with Gasteiger partial charge in [0.25, 0.3) is 0 Å². The number of nitrogens with two attached hydrogens (primary N) is 2. The van der Waals surface area contributed by atoms with Gasteiger partial charge >= 0.3 is 0 Å². The number of rotatable bonds is 8. The summed E-state index contributed by atoms with van der Waals surface area (Å²) in [5.41, 5.74) is 14.8. The number of benzene rings is 2. The third-order valence-electron chi connectivity index (χ3n) is 6.17. The summed E-state index contributed by atoms with van der Waals surface area (Å²) in [5.74, 6) is 2.01. The van der Waals surface area contributed by atoms with Crippen molar-refractivity contribution in [3.8, 4) is 0 Å². The summed E-state index contributed by atoms with van der Waals surface area (Å²) in [6, 6.07) is 15.9. The number of amidine groups is 1. The molecule has 1 aliphatic heterocycles. The summed E-state index contributed by atoms with van der Waals surface area (Å²) in [7, 11) is 0. The van der Waals surface area contributed by atoms with E-state index in [9.17, 15) is 4.39 Å². The third kappa shape index (κ3) is 5.81. The van der Waals surface area contributed by atoms with E-state index in [-0.39, 0.29) is 17.5 Å². The standard InChI is InChI=1S/C26H32FN7/c1-2-6-18-13-15-34(16-14-18)25-22(31-23(28)20-9-11-21(27)12-10-20)24(29)32-26(33-25)30-17-19-7-4-3-5-8-19/h3-5,7-12,18H,2,6,13-17H2,1H3,(H2,28,31)(H3,29,30,32,33). The van der Waals surface area contributed by atoms with Gasteiger partial charge < -0.3 is 21.7 Å². The molecule has 2 aromatic carbocycles. The molecule has 0 unspecified atom stereocenters. The van der Waals surface area contributed by atoms with Crippen molar-refractivity contribution in [1.82, 2.24) is 9.97 Å². The zero-order chi connectivity index (χ0) is 23.9. The second kappa shape index (κ2) is 11.0. The second-order valence-corrected chi connectivity index (χ2v) is 8.67. The van der Waals surface area contributed by atoms with Gasteiger partial charge in [-0.15, -0.1) is 0 Å². The molecule has 178 valence electrons. The lowest BCUT2D eigenvalue weighted by Gasteiger charge is -2.33. The molecule has 0 aliphatic carbocycles. The molecule has 2 heterocycles. The maximum Gasteiger partial charge on any atom is 0.227 e. The van der Waals surface area contributed by atoms with Crippen LogP contribution in [-0.2, 0) is 6.54 Å². The lowest BCUT2D eigenvalue weighted by atomic mass is 9.92. The Balaban J connectivity index is 1.64. The fourth-order valence-corrected chi connectivity index (χ4v) is 4.29. The van der Waals surface area contributed by atoms with Crippen molar-refractivity contribution in [3.05, 3.63) is 71.5 Å². The molecule has 1 saturated heterocycles. The molecule has 0 saturated carbocycles. The van der Waals surface area contributed by atoms with Crippen LogP contribution in [0.4, 0.5) is 27.7 Å². The first-order valence-corrected chi connectivity index (χ1v) is 11.8. The minimum atomic E-state index is -0.330. The Morgan fingerprint density at radius 3 is 2.47 bits per heavy atom. The molecular formula is C26H32FN7. The van der Waals surface area contributed by atoms with Crippen molar-refractivity contribution >= 4 is 29.1 Å². The molecule has 0 atom stereocenters. The van der Waals surface area contributed by atoms with Gasteiger partial charge in [0.05, 0.1) is 0 Å². The van der Waals surface area contributed by atoms with E-state index < -0.39 is 0 Å². The molecule has 3 aromatic rings. The van der Waals surface area contributed by atoms with Gasteiger partial charge in [-0.05, 0) is 48.6 Å². The van der Waals surface area contributed by atoms with Crippen LogP contribution in [0, 0.1) is 11.7 Å². The Bertz CT molecular complexity index is 1110. The molecule has 0 spiro atoms. The van der Waals surface area contributed by atoms with Crippen LogP contribution in [0.2, 0.25) is 0 Å². The quantitative estimate of drug-likeness (QED) is 0.327. The van der Waals surface area contributed by atoms with Crippen molar-refractivity contribution in [3.63, 3.8) is 0 Å². The lowest BCUT2D eigenvalue weighted by molar-refractivity contribution is 0.377. The molecule has 4 rings (SSSR count). The number of nitrogens with one attached hydrogen (secondary N) is 1. The van der Waals surface area contributed by atoms with Gasteiger partial charge in [-0.1, -0.05) is 50.1 Å². The van der Waals surface area contributed by atoms with E-state index in [1.54, 1.807) is 12.1 Å². The first-order chi connectivity index (χ1) is 16.5. The smallest absolute Gasteiger partial charge is 0.227 e. The molecule has 1 fully saturated rings. The minimum Gasteiger partial charge on any atom is -0.383 e. The highest BCUT2D eigenvalue weighted by Crippen LogP contribution is 2.36. The zero-order valence-electron chi connectivity index (χ0n) is 19.5. The predicted octanol–water partition coefficient (Wildman–Crippen LogP) is 4.86. The van der Waals surface area contributed by atoms with Crippen molar-refractivity contribution in [2.24, 2.45) is 16.6 Å². The third-order valence-corrected chi connectivity index (χ3v) is 6.17. The molecule has 1 aliphatic rings. The average molecular weight is 462 g/mol. The lowest BCUT2D eigenvalue weighted by Crippen LogP contribution is -2.34. The first-order valence-electron chi connectivity index (χ1n) is 11.8. The van der Waals surface area contributed by atoms with Gasteiger partial charge in [0.2, 0.25) is 5.95 Å². The van der Waals surface area contributed by atoms with Crippen molar-refractivity contribution in [2.45, 2.75) is 39.2 Å². The number of nitrogen functional groups attached to an aromatic ring is 1. The predicted molar refractivity (Wildman–Crippen MR) is 137 cm³/mol. The van der Waals surface area contributed by atoms with Crippen molar-refractivity contribution in [2.75, 3.05) is 29.0 Å². The SMILES string of the molecule is CCCC1CCN(c2nc(NCc3ccccc3)nc(N)c2N=C(N)c2ccc(F)cc2)CC1. The van der Waals surface area contributed by atoms with Crippen molar-refractivity contribution < 1.29 is 4.39 Å². The van der Waals surface area contributed by atoms with E-state index in [0.717, 1.165) is 37.4 Å². The van der Waals surface area contributed by atoms with E-state index in [1.165, 1.54) is 25.0 Å². The molecule has 34 heavy (non-hydrogen) atoms. The molecule has 0 amide bonds. The number of halogens is 1. The topological polar surface area (TPSA) is 105 Å². The van der Waals surface area contributed by atoms with Gasteiger partial charge in [0.15, 0.2) is 17.3 Å². The molecule has 1 aromatic heterocycles. The number of aromatic nitrogens is 2. The van der Waals surface area contributed by atoms with Crippen LogP contribution >= 0.6 is 0 Å². The largest absolute Gasteiger partial charge is 0.383 e. The Kier molecular flexibility index (Phi) is 7.57. The number of anilines is 3. The van der Waals surface area contributed by atoms with Gasteiger partial charge in [0, 0.05) is 25.2 Å². The fourth-order valence-electron chi connectivity index (χ4n) is 4.29. The van der Waals surface area contributed by atoms with Crippen molar-refractivity contribution in [1.29, 1.82) is 0 Å². The van der Waals surface area contributed by atoms with E-state index in [4.69, 9.17) is 16.5 Å². The number of hydrogen-bond donors (Lipinski definition) is 3. The van der Waals surface area contributed by atoms with Crippen LogP contribution in [0.3, 0.4) is 0 Å². The zero-order valence-corrected chi connectivity index (χ0v) is 19.5. The van der Waals surface area contributed by atoms with Crippen LogP contribution in [0.1, 0.15) is 43.7 Å². The van der Waals surface area contributed by atoms with Crippen LogP contribution < -0.4 is 21.7 Å². The highest BCUT2D eigenvalue weighted by atomic mass is 19.1. The summed E-state index contributed by atoms with van der Waals surface area (Å²) in [5, 5.41) is 3.28. The Hall–Kier alpha value is -3.68. The molecule has 5 N–H and O–H groups in total. The minimum absolute atomic E-state index is 0.238. The van der Waals surface area contributed by atoms with E-state index in [0.29, 0.717) is 29.6 Å². The molecule has 7 nitrogen and oxygen atoms in total. The monoisotopic (exact) mass is 461 g/mol. The summed E-state index contributed by atoms with van der Waals surface area (Å²) >= 11 is 0. The Labute approximate surface area is 200 Å². The van der Waals surface area contributed by atoms with Crippen LogP contribution in [0.15, 0.2) is 59.6 Å². The molecular weight excluding hydrogens is 429 g/mol. The number of piperidine rings is 1. The fraction of sp³-hybridized carbons (Fsp3) is 0.346. The normalized spacial score (nSPS) is 14.9. The summed E-state index contributed by atoms with van der Waals surface area (Å²) in [4.78, 5) is 16.1. The Morgan fingerprint density at radius 2 is 1.79 bits per heavy atom. The maximum atomic E-state index is 13.3. The van der Waals surface area contributed by atoms with Gasteiger partial charge in [-0.25, -0.2) is 9.38 Å². The van der Waals surface area contributed by atoms with Gasteiger partial charge in [0.1, 0.15) is 11.7 Å². The number of nitrogens with zero attached hydrogens (tertiary/aromatic N) is 4. The molecule has 0 bridgehead atoms. The van der Waals surface area contributed by atoms with Gasteiger partial charge in [-0.3, -0.25) is 0 Å². The van der Waals surface area contributed by atoms with E-state index >= 15 is 0 Å². The maximum absolute atomic E-state index is 13.3. The van der Waals surface area contributed by atoms with Crippen LogP contribution in [-0.4, -0.2) is 28.9 Å². The number of hydrogen-bond acceptors (Lipinski definition) is 6. The second-order valence-electron chi connectivity index (χ2n) is 8.67. The average Bonchev–Trinajstić information content (AvgIpc) is 2.86. The summed E-state index contributed by atoms with van der Waals surface area (Å²) in [6.07, 6.45) is 4.64. The van der Waals surface area contributed by atoms with Gasteiger partial charge in [-0.2, -0.15) is 9.97 Å². The Morgan fingerprint density at radius 1 is 1.09 bits per heavy atom. The summed E-state index contributed by atoms with van der Waals surface area (Å²) in [6.45, 7) is 4.56. The van der Waals surface area contributed by atoms with Crippen LogP contribution in [0.25, 0.3) is 0 Å².